The van der Waals surface area contributed by atoms with Crippen LogP contribution < -0.4 is 0 Å². The number of ether oxygens (including phenoxy) is 10. The van der Waals surface area contributed by atoms with Crippen LogP contribution in [0.1, 0.15) is 54.8 Å². The van der Waals surface area contributed by atoms with Crippen LogP contribution in [0.5, 0.6) is 0 Å². The Balaban J connectivity index is 1.75. The second-order valence-electron chi connectivity index (χ2n) is 13.3. The van der Waals surface area contributed by atoms with Gasteiger partial charge >= 0.3 is 41.8 Å². The van der Waals surface area contributed by atoms with Gasteiger partial charge in [-0.25, -0.2) is 14.4 Å². The number of hydrogen-bond donors (Lipinski definition) is 2. The molecular weight excluding hydrogens is 802 g/mol. The van der Waals surface area contributed by atoms with Crippen molar-refractivity contribution in [1.29, 1.82) is 0 Å². The first-order valence-electron chi connectivity index (χ1n) is 18.1. The molecule has 324 valence electrons. The van der Waals surface area contributed by atoms with Crippen LogP contribution in [0, 0.1) is 0 Å². The highest BCUT2D eigenvalue weighted by Crippen LogP contribution is 2.39. The quantitative estimate of drug-likeness (QED) is 0.0754. The summed E-state index contributed by atoms with van der Waals surface area (Å²) in [5, 5.41) is 26.1. The number of carboxylic acid groups (broad SMARTS) is 1. The van der Waals surface area contributed by atoms with Crippen LogP contribution in [0.4, 0.5) is 0 Å². The Hall–Kier alpha value is -6.16. The van der Waals surface area contributed by atoms with E-state index in [4.69, 9.17) is 47.4 Å². The van der Waals surface area contributed by atoms with Crippen molar-refractivity contribution in [2.45, 2.75) is 101 Å². The average molecular weight is 846 g/mol. The normalized spacial score (nSPS) is 27.0. The van der Waals surface area contributed by atoms with E-state index in [2.05, 4.69) is 10.0 Å². The summed E-state index contributed by atoms with van der Waals surface area (Å²) in [7, 11) is 1.15. The summed E-state index contributed by atoms with van der Waals surface area (Å²) >= 11 is 0. The smallest absolute Gasteiger partial charge is 0.364 e. The van der Waals surface area contributed by atoms with Gasteiger partial charge in [-0.2, -0.15) is 0 Å². The zero-order valence-electron chi connectivity index (χ0n) is 32.8. The van der Waals surface area contributed by atoms with E-state index >= 15 is 0 Å². The third-order valence-electron chi connectivity index (χ3n) is 8.94. The van der Waals surface area contributed by atoms with Gasteiger partial charge in [0, 0.05) is 39.7 Å². The number of carbonyl (C=O) groups is 7. The van der Waals surface area contributed by atoms with Gasteiger partial charge in [-0.15, -0.1) is 0 Å². The van der Waals surface area contributed by atoms with E-state index in [1.165, 1.54) is 24.3 Å². The highest BCUT2D eigenvalue weighted by molar-refractivity contribution is 5.90. The lowest BCUT2D eigenvalue weighted by molar-refractivity contribution is -0.335. The minimum atomic E-state index is -2.95. The van der Waals surface area contributed by atoms with Gasteiger partial charge in [-0.1, -0.05) is 41.5 Å². The molecule has 2 N–H and O–H groups in total. The van der Waals surface area contributed by atoms with E-state index in [9.17, 15) is 49.3 Å². The molecule has 60 heavy (non-hydrogen) atoms. The number of aliphatic hydroxyl groups is 1. The average Bonchev–Trinajstić information content (AvgIpc) is 3.20. The highest BCUT2D eigenvalue weighted by Gasteiger charge is 2.59. The summed E-state index contributed by atoms with van der Waals surface area (Å²) in [6.45, 7) is 2.14. The topological polar surface area (TPSA) is 301 Å². The molecule has 4 rings (SSSR count). The molecular formula is C38H43N3O19. The molecule has 0 bridgehead atoms. The third kappa shape index (κ3) is 12.0. The molecule has 2 aromatic rings. The molecule has 2 aromatic carbocycles. The van der Waals surface area contributed by atoms with Crippen LogP contribution in [0.25, 0.3) is 10.4 Å². The number of carbonyl (C=O) groups excluding carboxylic acids is 6. The summed E-state index contributed by atoms with van der Waals surface area (Å²) in [5.41, 5.74) is 9.67. The first kappa shape index (κ1) is 46.5. The molecule has 0 saturated carbocycles. The molecule has 0 amide bonds. The van der Waals surface area contributed by atoms with Crippen molar-refractivity contribution in [2.75, 3.05) is 20.3 Å². The van der Waals surface area contributed by atoms with E-state index in [-0.39, 0.29) is 11.1 Å². The molecule has 0 unspecified atom stereocenters. The van der Waals surface area contributed by atoms with Crippen molar-refractivity contribution < 1.29 is 91.1 Å². The van der Waals surface area contributed by atoms with Crippen LogP contribution in [0.15, 0.2) is 65.8 Å². The Labute approximate surface area is 341 Å². The van der Waals surface area contributed by atoms with Crippen molar-refractivity contribution in [3.63, 3.8) is 0 Å². The lowest BCUT2D eigenvalue weighted by atomic mass is 9.88. The molecule has 2 aliphatic heterocycles. The lowest BCUT2D eigenvalue weighted by Gasteiger charge is -2.48. The first-order chi connectivity index (χ1) is 28.5. The number of hydrogen-bond acceptors (Lipinski definition) is 19. The van der Waals surface area contributed by atoms with Crippen LogP contribution >= 0.6 is 0 Å². The number of benzene rings is 2. The third-order valence-corrected chi connectivity index (χ3v) is 8.94. The fourth-order valence-corrected chi connectivity index (χ4v) is 6.39. The summed E-state index contributed by atoms with van der Waals surface area (Å²) in [6.07, 6.45) is -16.9. The second-order valence-corrected chi connectivity index (χ2v) is 13.3. The number of methoxy groups -OCH3 is 1. The van der Waals surface area contributed by atoms with Gasteiger partial charge in [0.2, 0.25) is 0 Å². The standard InChI is InChI=1S/C38H43N3O19/c1-19(42)52-17-27(55-21(3)44)30(56-22(4)45)31-28(40-41-39)25(54-20(2)43)16-38(60-31,37(49)50)53-18-26-29(46)32(58-34(47)23-12-8-6-9-13-23)33(36(51-5)57-26)59-35(48)24-14-10-7-11-15-24/h6-15,25-33,36,46H,16-18H2,1-5H3,(H,49,50)/t25-,26+,27+,28+,29-,30+,31+,32-,33+,36+,38-/m0/s1. The Bertz CT molecular complexity index is 1910. The molecule has 22 heteroatoms. The number of nitrogens with zero attached hydrogens (tertiary/aromatic N) is 3. The maximum Gasteiger partial charge on any atom is 0.364 e. The molecule has 0 spiro atoms. The van der Waals surface area contributed by atoms with Crippen molar-refractivity contribution in [1.82, 2.24) is 0 Å². The maximum absolute atomic E-state index is 13.3. The van der Waals surface area contributed by atoms with Crippen LogP contribution in [-0.2, 0) is 71.3 Å². The molecule has 0 aliphatic carbocycles. The maximum atomic E-state index is 13.3. The Morgan fingerprint density at radius 2 is 1.40 bits per heavy atom. The van der Waals surface area contributed by atoms with Gasteiger partial charge in [0.15, 0.2) is 30.7 Å². The number of aliphatic carboxylic acids is 1. The monoisotopic (exact) mass is 845 g/mol. The summed E-state index contributed by atoms with van der Waals surface area (Å²) < 4.78 is 55.6. The van der Waals surface area contributed by atoms with E-state index in [0.717, 1.165) is 34.8 Å². The number of rotatable bonds is 17. The predicted molar refractivity (Wildman–Crippen MR) is 195 cm³/mol. The Morgan fingerprint density at radius 1 is 0.833 bits per heavy atom. The first-order valence-corrected chi connectivity index (χ1v) is 18.1. The summed E-state index contributed by atoms with van der Waals surface area (Å²) in [6, 6.07) is 13.5. The van der Waals surface area contributed by atoms with Crippen LogP contribution in [0.3, 0.4) is 0 Å². The van der Waals surface area contributed by atoms with Gasteiger partial charge in [0.05, 0.1) is 24.2 Å². The van der Waals surface area contributed by atoms with Gasteiger partial charge in [0.25, 0.3) is 5.79 Å². The largest absolute Gasteiger partial charge is 0.477 e. The van der Waals surface area contributed by atoms with Gasteiger partial charge in [0.1, 0.15) is 37.1 Å². The van der Waals surface area contributed by atoms with Gasteiger partial charge in [-0.3, -0.25) is 19.2 Å². The molecule has 2 aliphatic rings. The number of esters is 6. The highest BCUT2D eigenvalue weighted by atomic mass is 16.8. The second kappa shape index (κ2) is 21.2. The number of carboxylic acids is 1. The zero-order valence-corrected chi connectivity index (χ0v) is 32.8. The summed E-state index contributed by atoms with van der Waals surface area (Å²) in [5.74, 6) is -10.6. The molecule has 22 nitrogen and oxygen atoms in total. The SMILES string of the molecule is CO[C@@H]1O[C@H](CO[C@@]2(C(=O)O)C[C@H](OC(C)=O)[C@@H](N=[N+]=[N-])[C@H]([C@H](OC(C)=O)[C@@H](COC(C)=O)OC(C)=O)O2)[C@H](O)[C@H](OC(=O)c2ccccc2)[C@H]1OC(=O)c1ccccc1. The van der Waals surface area contributed by atoms with E-state index in [0.29, 0.717) is 0 Å². The van der Waals surface area contributed by atoms with Crippen molar-refractivity contribution in [3.05, 3.63) is 82.2 Å². The Morgan fingerprint density at radius 3 is 1.88 bits per heavy atom. The van der Waals surface area contributed by atoms with Crippen molar-refractivity contribution in [2.24, 2.45) is 5.11 Å². The fraction of sp³-hybridized carbons (Fsp3) is 0.500. The molecule has 0 radical (unpaired) electrons. The van der Waals surface area contributed by atoms with Crippen molar-refractivity contribution >= 4 is 41.8 Å². The molecule has 2 fully saturated rings. The van der Waals surface area contributed by atoms with Crippen LogP contribution in [0.2, 0.25) is 0 Å². The molecule has 11 atom stereocenters. The molecule has 0 aromatic heterocycles. The van der Waals surface area contributed by atoms with E-state index in [1.54, 1.807) is 36.4 Å². The predicted octanol–water partition coefficient (Wildman–Crippen LogP) is 1.79. The van der Waals surface area contributed by atoms with E-state index in [1.807, 2.05) is 0 Å². The van der Waals surface area contributed by atoms with Gasteiger partial charge in [-0.05, 0) is 29.8 Å². The minimum absolute atomic E-state index is 0.0479. The van der Waals surface area contributed by atoms with Crippen molar-refractivity contribution in [3.8, 4) is 0 Å². The molecule has 2 saturated heterocycles. The van der Waals surface area contributed by atoms with Gasteiger partial charge < -0.3 is 57.6 Å². The number of azide groups is 1. The lowest BCUT2D eigenvalue weighted by Crippen LogP contribution is -2.66. The summed E-state index contributed by atoms with van der Waals surface area (Å²) in [4.78, 5) is 91.3. The molecule has 2 heterocycles. The van der Waals surface area contributed by atoms with Crippen LogP contribution in [-0.4, -0.2) is 139 Å². The zero-order chi connectivity index (χ0) is 44.1. The fourth-order valence-electron chi connectivity index (χ4n) is 6.39. The Kier molecular flexibility index (Phi) is 16.4. The minimum Gasteiger partial charge on any atom is -0.477 e. The van der Waals surface area contributed by atoms with E-state index < -0.39 is 128 Å². The number of aliphatic hydroxyl groups excluding tert-OH is 1.